The van der Waals surface area contributed by atoms with Gasteiger partial charge in [0, 0.05) is 25.7 Å². The summed E-state index contributed by atoms with van der Waals surface area (Å²) < 4.78 is 187. The van der Waals surface area contributed by atoms with Crippen molar-refractivity contribution in [1.82, 2.24) is 0 Å². The maximum atomic E-state index is 13.3. The summed E-state index contributed by atoms with van der Waals surface area (Å²) >= 11 is 5.61. The summed E-state index contributed by atoms with van der Waals surface area (Å²) in [7, 11) is 0. The summed E-state index contributed by atoms with van der Waals surface area (Å²) in [5.74, 6) is -8.76. The van der Waals surface area contributed by atoms with E-state index in [1.54, 1.807) is 0 Å². The fourth-order valence-electron chi connectivity index (χ4n) is 2.79. The van der Waals surface area contributed by atoms with E-state index in [1.807, 2.05) is 0 Å². The number of hydrogen-bond donors (Lipinski definition) is 1. The van der Waals surface area contributed by atoms with Gasteiger partial charge in [0.25, 0.3) is 5.67 Å². The standard InChI is InChI=1S/C10H10F12S.C9H16F3I/c11-6(12,1-2-23)3-5(8(14,15)16)4-7(13,9(17,18)19)10(20,21)22;10-9(11,12)7-5-3-1-2-4-6-8-13/h5,23H,1-4H2;1-8H2. The predicted octanol–water partition coefficient (Wildman–Crippen LogP) is 10.4. The molecule has 0 spiro atoms. The monoisotopic (exact) mass is 698 g/mol. The summed E-state index contributed by atoms with van der Waals surface area (Å²) in [6.07, 6.45) is -25.5. The lowest BCUT2D eigenvalue weighted by molar-refractivity contribution is -0.353. The smallest absolute Gasteiger partial charge is 0.224 e. The molecule has 0 rings (SSSR count). The van der Waals surface area contributed by atoms with Crippen LogP contribution in [0.3, 0.4) is 0 Å². The van der Waals surface area contributed by atoms with Gasteiger partial charge in [-0.15, -0.1) is 0 Å². The Morgan fingerprint density at radius 2 is 0.972 bits per heavy atom. The fraction of sp³-hybridized carbons (Fsp3) is 1.00. The Labute approximate surface area is 217 Å². The van der Waals surface area contributed by atoms with Gasteiger partial charge in [-0.05, 0) is 23.0 Å². The molecule has 0 amide bonds. The highest BCUT2D eigenvalue weighted by Crippen LogP contribution is 2.53. The first-order valence-electron chi connectivity index (χ1n) is 10.4. The first-order chi connectivity index (χ1) is 15.9. The molecule has 0 radical (unpaired) electrons. The number of hydrogen-bond acceptors (Lipinski definition) is 1. The topological polar surface area (TPSA) is 0 Å². The van der Waals surface area contributed by atoms with E-state index in [1.165, 1.54) is 6.42 Å². The molecule has 0 aromatic rings. The molecule has 0 aliphatic carbocycles. The predicted molar refractivity (Wildman–Crippen MR) is 115 cm³/mol. The Morgan fingerprint density at radius 1 is 0.556 bits per heavy atom. The Kier molecular flexibility index (Phi) is 16.5. The lowest BCUT2D eigenvalue weighted by Gasteiger charge is -2.34. The van der Waals surface area contributed by atoms with Crippen molar-refractivity contribution in [3.8, 4) is 0 Å². The van der Waals surface area contributed by atoms with E-state index in [4.69, 9.17) is 0 Å². The number of alkyl halides is 16. The van der Waals surface area contributed by atoms with E-state index in [9.17, 15) is 65.9 Å². The van der Waals surface area contributed by atoms with Crippen LogP contribution in [0.1, 0.15) is 64.2 Å². The molecule has 0 aromatic heterocycles. The van der Waals surface area contributed by atoms with Gasteiger partial charge in [-0.3, -0.25) is 0 Å². The SMILES string of the molecule is FC(F)(CCS)CC(CC(F)(C(F)(F)F)C(F)(F)F)C(F)(F)F.FC(F)(F)CCCCCCCCI. The third-order valence-corrected chi connectivity index (χ3v) is 5.74. The van der Waals surface area contributed by atoms with Crippen molar-refractivity contribution in [2.75, 3.05) is 10.2 Å². The number of unbranched alkanes of at least 4 members (excludes halogenated alkanes) is 5. The van der Waals surface area contributed by atoms with E-state index in [0.29, 0.717) is 6.42 Å². The minimum Gasteiger partial charge on any atom is -0.224 e. The van der Waals surface area contributed by atoms with E-state index < -0.39 is 73.7 Å². The van der Waals surface area contributed by atoms with Crippen LogP contribution < -0.4 is 0 Å². The highest BCUT2D eigenvalue weighted by atomic mass is 127. The molecular formula is C19H26F15IS. The summed E-state index contributed by atoms with van der Waals surface area (Å²) in [6, 6.07) is 0. The van der Waals surface area contributed by atoms with Crippen molar-refractivity contribution in [3.63, 3.8) is 0 Å². The largest absolute Gasteiger partial charge is 0.431 e. The second-order valence-electron chi connectivity index (χ2n) is 7.95. The average molecular weight is 698 g/mol. The van der Waals surface area contributed by atoms with Gasteiger partial charge in [-0.2, -0.15) is 65.3 Å². The van der Waals surface area contributed by atoms with Crippen LogP contribution in [-0.4, -0.2) is 46.5 Å². The molecule has 1 atom stereocenters. The quantitative estimate of drug-likeness (QED) is 0.0640. The second kappa shape index (κ2) is 15.6. The highest BCUT2D eigenvalue weighted by Gasteiger charge is 2.74. The van der Waals surface area contributed by atoms with Crippen molar-refractivity contribution in [2.45, 2.75) is 101 Å². The van der Waals surface area contributed by atoms with Crippen molar-refractivity contribution in [3.05, 3.63) is 0 Å². The van der Waals surface area contributed by atoms with E-state index in [0.717, 1.165) is 30.1 Å². The van der Waals surface area contributed by atoms with Crippen LogP contribution in [0, 0.1) is 5.92 Å². The van der Waals surface area contributed by atoms with Gasteiger partial charge >= 0.3 is 24.7 Å². The lowest BCUT2D eigenvalue weighted by Crippen LogP contribution is -2.55. The van der Waals surface area contributed by atoms with Gasteiger partial charge in [-0.1, -0.05) is 48.3 Å². The van der Waals surface area contributed by atoms with E-state index in [2.05, 4.69) is 35.2 Å². The molecule has 1 unspecified atom stereocenters. The molecule has 0 bridgehead atoms. The molecule has 0 fully saturated rings. The van der Waals surface area contributed by atoms with Gasteiger partial charge < -0.3 is 0 Å². The zero-order valence-electron chi connectivity index (χ0n) is 18.6. The maximum absolute atomic E-state index is 13.3. The third kappa shape index (κ3) is 16.1. The van der Waals surface area contributed by atoms with Crippen LogP contribution in [0.4, 0.5) is 65.9 Å². The molecule has 220 valence electrons. The van der Waals surface area contributed by atoms with Crippen molar-refractivity contribution >= 4 is 35.2 Å². The Balaban J connectivity index is 0. The van der Waals surface area contributed by atoms with Gasteiger partial charge in [0.05, 0.1) is 5.92 Å². The molecule has 0 aliphatic heterocycles. The zero-order chi connectivity index (χ0) is 29.1. The van der Waals surface area contributed by atoms with E-state index in [-0.39, 0.29) is 0 Å². The molecule has 0 saturated heterocycles. The second-order valence-corrected chi connectivity index (χ2v) is 9.47. The zero-order valence-corrected chi connectivity index (χ0v) is 21.6. The summed E-state index contributed by atoms with van der Waals surface area (Å²) in [6.45, 7) is 0. The molecule has 0 aromatic carbocycles. The van der Waals surface area contributed by atoms with Crippen molar-refractivity contribution in [1.29, 1.82) is 0 Å². The number of halogens is 16. The summed E-state index contributed by atoms with van der Waals surface area (Å²) in [5.41, 5.74) is -6.25. The molecule has 0 heterocycles. The molecule has 36 heavy (non-hydrogen) atoms. The molecular weight excluding hydrogens is 672 g/mol. The van der Waals surface area contributed by atoms with Crippen LogP contribution in [0.25, 0.3) is 0 Å². The Bertz CT molecular complexity index is 567. The highest BCUT2D eigenvalue weighted by molar-refractivity contribution is 14.1. The first kappa shape index (κ1) is 38.2. The van der Waals surface area contributed by atoms with Crippen LogP contribution in [-0.2, 0) is 0 Å². The lowest BCUT2D eigenvalue weighted by atomic mass is 9.86. The molecule has 0 aliphatic rings. The van der Waals surface area contributed by atoms with Crippen LogP contribution in [0.2, 0.25) is 0 Å². The maximum Gasteiger partial charge on any atom is 0.431 e. The van der Waals surface area contributed by atoms with Gasteiger partial charge in [-0.25, -0.2) is 13.2 Å². The minimum atomic E-state index is -6.74. The van der Waals surface area contributed by atoms with Gasteiger partial charge in [0.1, 0.15) is 0 Å². The number of thiol groups is 1. The average Bonchev–Trinajstić information content (AvgIpc) is 2.63. The Hall–Kier alpha value is 0.0300. The first-order valence-corrected chi connectivity index (χ1v) is 12.6. The van der Waals surface area contributed by atoms with Gasteiger partial charge in [0.2, 0.25) is 5.92 Å². The fourth-order valence-corrected chi connectivity index (χ4v) is 3.66. The molecule has 0 saturated carbocycles. The van der Waals surface area contributed by atoms with Crippen LogP contribution >= 0.6 is 35.2 Å². The number of rotatable bonds is 13. The summed E-state index contributed by atoms with van der Waals surface area (Å²) in [4.78, 5) is 0. The van der Waals surface area contributed by atoms with Crippen LogP contribution in [0.5, 0.6) is 0 Å². The Morgan fingerprint density at radius 3 is 1.31 bits per heavy atom. The van der Waals surface area contributed by atoms with Gasteiger partial charge in [0.15, 0.2) is 0 Å². The summed E-state index contributed by atoms with van der Waals surface area (Å²) in [5, 5.41) is 0. The third-order valence-electron chi connectivity index (χ3n) is 4.76. The molecule has 17 heteroatoms. The molecule has 0 N–H and O–H groups in total. The van der Waals surface area contributed by atoms with Crippen LogP contribution in [0.15, 0.2) is 0 Å². The normalized spacial score (nSPS) is 14.9. The minimum absolute atomic E-state index is 0.299. The molecule has 0 nitrogen and oxygen atoms in total. The van der Waals surface area contributed by atoms with Crippen molar-refractivity contribution < 1.29 is 65.9 Å². The van der Waals surface area contributed by atoms with Crippen molar-refractivity contribution in [2.24, 2.45) is 5.92 Å². The van der Waals surface area contributed by atoms with E-state index >= 15 is 0 Å².